The number of nitrogens with one attached hydrogen (secondary N) is 1. The minimum atomic E-state index is -0.0202. The van der Waals surface area contributed by atoms with E-state index in [2.05, 4.69) is 34.4 Å². The molecule has 0 spiro atoms. The van der Waals surface area contributed by atoms with Crippen LogP contribution in [0.3, 0.4) is 0 Å². The molecule has 1 aliphatic rings. The van der Waals surface area contributed by atoms with Crippen molar-refractivity contribution in [2.24, 2.45) is 0 Å². The Morgan fingerprint density at radius 2 is 1.95 bits per heavy atom. The zero-order valence-electron chi connectivity index (χ0n) is 13.0. The molecule has 1 amide bonds. The Balaban J connectivity index is 1.85. The fraction of sp³-hybridized carbons (Fsp3) is 0.667. The number of likely N-dealkylation sites (N-methyl/N-ethyl adjacent to an activating group) is 1. The number of hydrogen-bond acceptors (Lipinski definition) is 5. The zero-order valence-corrected chi connectivity index (χ0v) is 13.0. The first-order valence-electron chi connectivity index (χ1n) is 7.76. The van der Waals surface area contributed by atoms with E-state index in [-0.39, 0.29) is 5.91 Å². The van der Waals surface area contributed by atoms with Crippen molar-refractivity contribution in [1.29, 1.82) is 0 Å². The molecule has 0 aromatic carbocycles. The molecule has 0 atom stereocenters. The van der Waals surface area contributed by atoms with Crippen LogP contribution < -0.4 is 5.32 Å². The molecule has 0 saturated carbocycles. The summed E-state index contributed by atoms with van der Waals surface area (Å²) in [6, 6.07) is 3.60. The van der Waals surface area contributed by atoms with Gasteiger partial charge in [0.1, 0.15) is 5.82 Å². The highest BCUT2D eigenvalue weighted by atomic mass is 16.2. The minimum absolute atomic E-state index is 0.0202. The van der Waals surface area contributed by atoms with E-state index in [1.165, 1.54) is 12.8 Å². The standard InChI is InChI=1S/C15H25N5O/c1-3-4-5-8-16-14-7-6-13(17-18-14)15(21)20-11-9-19(2)10-12-20/h6-7H,3-5,8-12H2,1-2H3,(H,16,18). The predicted octanol–water partition coefficient (Wildman–Crippen LogP) is 1.47. The first-order valence-corrected chi connectivity index (χ1v) is 7.76. The Hall–Kier alpha value is -1.69. The molecule has 1 aromatic rings. The minimum Gasteiger partial charge on any atom is -0.369 e. The number of nitrogens with zero attached hydrogens (tertiary/aromatic N) is 4. The van der Waals surface area contributed by atoms with Gasteiger partial charge in [0.25, 0.3) is 5.91 Å². The van der Waals surface area contributed by atoms with E-state index in [9.17, 15) is 4.79 Å². The summed E-state index contributed by atoms with van der Waals surface area (Å²) < 4.78 is 0. The molecule has 116 valence electrons. The molecule has 0 radical (unpaired) electrons. The molecule has 2 rings (SSSR count). The lowest BCUT2D eigenvalue weighted by Crippen LogP contribution is -2.47. The van der Waals surface area contributed by atoms with Crippen LogP contribution in [0.5, 0.6) is 0 Å². The van der Waals surface area contributed by atoms with Crippen LogP contribution >= 0.6 is 0 Å². The SMILES string of the molecule is CCCCCNc1ccc(C(=O)N2CCN(C)CC2)nn1. The quantitative estimate of drug-likeness (QED) is 0.804. The Morgan fingerprint density at radius 1 is 1.19 bits per heavy atom. The topological polar surface area (TPSA) is 61.4 Å². The number of rotatable bonds is 6. The molecular weight excluding hydrogens is 266 g/mol. The maximum absolute atomic E-state index is 12.3. The van der Waals surface area contributed by atoms with Gasteiger partial charge in [-0.2, -0.15) is 0 Å². The van der Waals surface area contributed by atoms with Crippen LogP contribution in [0.25, 0.3) is 0 Å². The van der Waals surface area contributed by atoms with Gasteiger partial charge >= 0.3 is 0 Å². The summed E-state index contributed by atoms with van der Waals surface area (Å²) in [6.45, 7) is 6.42. The number of amides is 1. The van der Waals surface area contributed by atoms with Crippen LogP contribution in [0, 0.1) is 0 Å². The van der Waals surface area contributed by atoms with Gasteiger partial charge in [-0.25, -0.2) is 0 Å². The van der Waals surface area contributed by atoms with Gasteiger partial charge in [0.15, 0.2) is 5.69 Å². The van der Waals surface area contributed by atoms with Gasteiger partial charge in [-0.3, -0.25) is 4.79 Å². The average molecular weight is 291 g/mol. The number of piperazine rings is 1. The van der Waals surface area contributed by atoms with Crippen molar-refractivity contribution in [3.8, 4) is 0 Å². The molecule has 1 aromatic heterocycles. The van der Waals surface area contributed by atoms with Crippen molar-refractivity contribution in [1.82, 2.24) is 20.0 Å². The monoisotopic (exact) mass is 291 g/mol. The molecule has 0 aliphatic carbocycles. The fourth-order valence-corrected chi connectivity index (χ4v) is 2.30. The number of anilines is 1. The smallest absolute Gasteiger partial charge is 0.274 e. The van der Waals surface area contributed by atoms with Crippen molar-refractivity contribution in [2.45, 2.75) is 26.2 Å². The summed E-state index contributed by atoms with van der Waals surface area (Å²) in [7, 11) is 2.07. The van der Waals surface area contributed by atoms with E-state index in [4.69, 9.17) is 0 Å². The highest BCUT2D eigenvalue weighted by Gasteiger charge is 2.21. The molecule has 1 aliphatic heterocycles. The molecule has 21 heavy (non-hydrogen) atoms. The van der Waals surface area contributed by atoms with Gasteiger partial charge in [-0.15, -0.1) is 10.2 Å². The van der Waals surface area contributed by atoms with Gasteiger partial charge in [0.2, 0.25) is 0 Å². The number of hydrogen-bond donors (Lipinski definition) is 1. The maximum atomic E-state index is 12.3. The summed E-state index contributed by atoms with van der Waals surface area (Å²) in [5.74, 6) is 0.717. The van der Waals surface area contributed by atoms with Crippen LogP contribution in [0.4, 0.5) is 5.82 Å². The lowest BCUT2D eigenvalue weighted by molar-refractivity contribution is 0.0657. The van der Waals surface area contributed by atoms with Crippen molar-refractivity contribution in [3.05, 3.63) is 17.8 Å². The number of unbranched alkanes of at least 4 members (excludes halogenated alkanes) is 2. The molecule has 1 N–H and O–H groups in total. The summed E-state index contributed by atoms with van der Waals surface area (Å²) in [4.78, 5) is 16.4. The second-order valence-corrected chi connectivity index (χ2v) is 5.53. The summed E-state index contributed by atoms with van der Waals surface area (Å²) in [5.41, 5.74) is 0.429. The van der Waals surface area contributed by atoms with Crippen LogP contribution in [-0.2, 0) is 0 Å². The van der Waals surface area contributed by atoms with E-state index in [0.29, 0.717) is 5.69 Å². The van der Waals surface area contributed by atoms with Crippen LogP contribution in [-0.4, -0.2) is 65.7 Å². The van der Waals surface area contributed by atoms with E-state index >= 15 is 0 Å². The highest BCUT2D eigenvalue weighted by molar-refractivity contribution is 5.92. The Kier molecular flexibility index (Phi) is 5.92. The van der Waals surface area contributed by atoms with E-state index in [1.807, 2.05) is 11.0 Å². The van der Waals surface area contributed by atoms with Crippen LogP contribution in [0.15, 0.2) is 12.1 Å². The van der Waals surface area contributed by atoms with Gasteiger partial charge in [0.05, 0.1) is 0 Å². The molecular formula is C15H25N5O. The predicted molar refractivity (Wildman–Crippen MR) is 83.4 cm³/mol. The molecule has 1 fully saturated rings. The maximum Gasteiger partial charge on any atom is 0.274 e. The van der Waals surface area contributed by atoms with Gasteiger partial charge < -0.3 is 15.1 Å². The number of carbonyl (C=O) groups excluding carboxylic acids is 1. The first-order chi connectivity index (χ1) is 10.2. The van der Waals surface area contributed by atoms with Gasteiger partial charge in [-0.05, 0) is 25.6 Å². The van der Waals surface area contributed by atoms with E-state index in [1.54, 1.807) is 6.07 Å². The summed E-state index contributed by atoms with van der Waals surface area (Å²) in [6.07, 6.45) is 3.53. The molecule has 2 heterocycles. The second-order valence-electron chi connectivity index (χ2n) is 5.53. The third-order valence-electron chi connectivity index (χ3n) is 3.76. The Bertz CT molecular complexity index is 440. The third-order valence-corrected chi connectivity index (χ3v) is 3.76. The molecule has 1 saturated heterocycles. The normalized spacial score (nSPS) is 16.0. The molecule has 6 heteroatoms. The molecule has 0 unspecified atom stereocenters. The van der Waals surface area contributed by atoms with Gasteiger partial charge in [0, 0.05) is 32.7 Å². The Morgan fingerprint density at radius 3 is 2.57 bits per heavy atom. The van der Waals surface area contributed by atoms with E-state index < -0.39 is 0 Å². The summed E-state index contributed by atoms with van der Waals surface area (Å²) >= 11 is 0. The Labute approximate surface area is 126 Å². The van der Waals surface area contributed by atoms with Crippen molar-refractivity contribution >= 4 is 11.7 Å². The van der Waals surface area contributed by atoms with Crippen molar-refractivity contribution in [2.75, 3.05) is 45.1 Å². The largest absolute Gasteiger partial charge is 0.369 e. The highest BCUT2D eigenvalue weighted by Crippen LogP contribution is 2.08. The fourth-order valence-electron chi connectivity index (χ4n) is 2.30. The third kappa shape index (κ3) is 4.67. The molecule has 6 nitrogen and oxygen atoms in total. The van der Waals surface area contributed by atoms with Crippen LogP contribution in [0.2, 0.25) is 0 Å². The summed E-state index contributed by atoms with van der Waals surface area (Å²) in [5, 5.41) is 11.4. The van der Waals surface area contributed by atoms with Crippen molar-refractivity contribution < 1.29 is 4.79 Å². The van der Waals surface area contributed by atoms with E-state index in [0.717, 1.165) is 45.0 Å². The number of carbonyl (C=O) groups is 1. The zero-order chi connectivity index (χ0) is 15.1. The average Bonchev–Trinajstić information content (AvgIpc) is 2.52. The van der Waals surface area contributed by atoms with Crippen LogP contribution in [0.1, 0.15) is 36.7 Å². The van der Waals surface area contributed by atoms with Crippen molar-refractivity contribution in [3.63, 3.8) is 0 Å². The second kappa shape index (κ2) is 7.93. The molecule has 0 bridgehead atoms. The first kappa shape index (κ1) is 15.7. The lowest BCUT2D eigenvalue weighted by Gasteiger charge is -2.32. The number of aromatic nitrogens is 2. The lowest BCUT2D eigenvalue weighted by atomic mass is 10.2. The van der Waals surface area contributed by atoms with Gasteiger partial charge in [-0.1, -0.05) is 19.8 Å².